The van der Waals surface area contributed by atoms with Gasteiger partial charge >= 0.3 is 0 Å². The summed E-state index contributed by atoms with van der Waals surface area (Å²) in [6.45, 7) is 0.645. The van der Waals surface area contributed by atoms with Gasteiger partial charge in [-0.3, -0.25) is 9.59 Å². The van der Waals surface area contributed by atoms with Crippen LogP contribution in [0.15, 0.2) is 59.5 Å². The molecule has 23 heavy (non-hydrogen) atoms. The van der Waals surface area contributed by atoms with E-state index >= 15 is 0 Å². The summed E-state index contributed by atoms with van der Waals surface area (Å²) >= 11 is 1.52. The van der Waals surface area contributed by atoms with E-state index < -0.39 is 0 Å². The predicted molar refractivity (Wildman–Crippen MR) is 92.7 cm³/mol. The summed E-state index contributed by atoms with van der Waals surface area (Å²) in [7, 11) is 0. The topological polar surface area (TPSA) is 49.4 Å². The summed E-state index contributed by atoms with van der Waals surface area (Å²) in [5.41, 5.74) is 2.01. The number of amides is 2. The fraction of sp³-hybridized carbons (Fsp3) is 0.222. The van der Waals surface area contributed by atoms with E-state index in [0.29, 0.717) is 12.3 Å². The molecule has 0 fully saturated rings. The van der Waals surface area contributed by atoms with Crippen molar-refractivity contribution in [3.05, 3.63) is 60.2 Å². The van der Waals surface area contributed by atoms with Gasteiger partial charge in [-0.25, -0.2) is 0 Å². The molecule has 0 aromatic heterocycles. The van der Waals surface area contributed by atoms with Gasteiger partial charge in [-0.05, 0) is 24.1 Å². The van der Waals surface area contributed by atoms with Crippen molar-refractivity contribution in [3.63, 3.8) is 0 Å². The highest BCUT2D eigenvalue weighted by Crippen LogP contribution is 2.34. The van der Waals surface area contributed by atoms with Crippen molar-refractivity contribution in [1.29, 1.82) is 0 Å². The zero-order chi connectivity index (χ0) is 16.1. The number of carbonyl (C=O) groups excluding carboxylic acids is 2. The molecule has 0 saturated heterocycles. The number of fused-ring (bicyclic) bond motifs is 1. The lowest BCUT2D eigenvalue weighted by Crippen LogP contribution is -2.43. The Balaban J connectivity index is 1.56. The average molecular weight is 326 g/mol. The van der Waals surface area contributed by atoms with Crippen LogP contribution in [0.4, 0.5) is 5.69 Å². The number of para-hydroxylation sites is 1. The van der Waals surface area contributed by atoms with Crippen LogP contribution in [-0.2, 0) is 16.0 Å². The Morgan fingerprint density at radius 2 is 1.83 bits per heavy atom. The molecule has 0 aliphatic carbocycles. The first-order valence-electron chi connectivity index (χ1n) is 7.57. The molecular weight excluding hydrogens is 308 g/mol. The molecule has 3 rings (SSSR count). The van der Waals surface area contributed by atoms with Crippen LogP contribution in [0.3, 0.4) is 0 Å². The van der Waals surface area contributed by atoms with Gasteiger partial charge in [0.2, 0.25) is 11.8 Å². The molecule has 0 saturated carbocycles. The van der Waals surface area contributed by atoms with Gasteiger partial charge in [0.15, 0.2) is 0 Å². The predicted octanol–water partition coefficient (Wildman–Crippen LogP) is 2.48. The fourth-order valence-corrected chi connectivity index (χ4v) is 3.45. The quantitative estimate of drug-likeness (QED) is 0.918. The molecule has 1 aliphatic rings. The van der Waals surface area contributed by atoms with Crippen LogP contribution in [0, 0.1) is 0 Å². The highest BCUT2D eigenvalue weighted by molar-refractivity contribution is 8.00. The van der Waals surface area contributed by atoms with Crippen LogP contribution >= 0.6 is 11.8 Å². The van der Waals surface area contributed by atoms with E-state index in [1.807, 2.05) is 54.6 Å². The summed E-state index contributed by atoms with van der Waals surface area (Å²) < 4.78 is 0. The Kier molecular flexibility index (Phi) is 4.98. The molecular formula is C18H18N2O2S. The molecule has 5 heteroatoms. The van der Waals surface area contributed by atoms with Gasteiger partial charge in [0.25, 0.3) is 0 Å². The minimum atomic E-state index is -0.129. The van der Waals surface area contributed by atoms with Crippen LogP contribution in [0.2, 0.25) is 0 Å². The zero-order valence-corrected chi connectivity index (χ0v) is 13.5. The first-order chi connectivity index (χ1) is 11.2. The second-order valence-electron chi connectivity index (χ2n) is 5.32. The standard InChI is InChI=1S/C18H18N2O2S/c21-17(19-11-10-14-6-2-1-3-7-14)12-20-15-8-4-5-9-16(15)23-13-18(20)22/h1-9H,10-13H2,(H,19,21). The summed E-state index contributed by atoms with van der Waals surface area (Å²) in [5.74, 6) is 0.233. The minimum Gasteiger partial charge on any atom is -0.354 e. The number of anilines is 1. The molecule has 0 bridgehead atoms. The normalized spacial score (nSPS) is 13.6. The Labute approximate surface area is 139 Å². The number of thioether (sulfide) groups is 1. The largest absolute Gasteiger partial charge is 0.354 e. The van der Waals surface area contributed by atoms with Crippen molar-refractivity contribution in [3.8, 4) is 0 Å². The van der Waals surface area contributed by atoms with E-state index in [9.17, 15) is 9.59 Å². The molecule has 2 aromatic rings. The van der Waals surface area contributed by atoms with Gasteiger partial charge in [-0.1, -0.05) is 42.5 Å². The van der Waals surface area contributed by atoms with E-state index in [4.69, 9.17) is 0 Å². The van der Waals surface area contributed by atoms with Crippen molar-refractivity contribution in [2.24, 2.45) is 0 Å². The van der Waals surface area contributed by atoms with E-state index in [2.05, 4.69) is 5.32 Å². The molecule has 1 aliphatic heterocycles. The average Bonchev–Trinajstić information content (AvgIpc) is 2.58. The maximum Gasteiger partial charge on any atom is 0.240 e. The van der Waals surface area contributed by atoms with Crippen molar-refractivity contribution in [2.75, 3.05) is 23.7 Å². The number of hydrogen-bond donors (Lipinski definition) is 1. The highest BCUT2D eigenvalue weighted by Gasteiger charge is 2.25. The molecule has 2 amide bonds. The smallest absolute Gasteiger partial charge is 0.240 e. The summed E-state index contributed by atoms with van der Waals surface area (Å²) in [6.07, 6.45) is 0.785. The lowest BCUT2D eigenvalue weighted by Gasteiger charge is -2.28. The Morgan fingerprint density at radius 1 is 1.09 bits per heavy atom. The minimum absolute atomic E-state index is 0.0214. The van der Waals surface area contributed by atoms with Crippen molar-refractivity contribution < 1.29 is 9.59 Å². The molecule has 1 N–H and O–H groups in total. The Hall–Kier alpha value is -2.27. The third-order valence-corrected chi connectivity index (χ3v) is 4.74. The molecule has 0 atom stereocenters. The molecule has 4 nitrogen and oxygen atoms in total. The van der Waals surface area contributed by atoms with Gasteiger partial charge in [0, 0.05) is 11.4 Å². The molecule has 118 valence electrons. The first-order valence-corrected chi connectivity index (χ1v) is 8.55. The van der Waals surface area contributed by atoms with Crippen LogP contribution in [0.5, 0.6) is 0 Å². The van der Waals surface area contributed by atoms with E-state index in [0.717, 1.165) is 17.0 Å². The number of hydrogen-bond acceptors (Lipinski definition) is 3. The number of benzene rings is 2. The van der Waals surface area contributed by atoms with Crippen molar-refractivity contribution >= 4 is 29.3 Å². The zero-order valence-electron chi connectivity index (χ0n) is 12.7. The Bertz CT molecular complexity index is 703. The van der Waals surface area contributed by atoms with Gasteiger partial charge in [0.05, 0.1) is 11.4 Å². The van der Waals surface area contributed by atoms with Gasteiger partial charge in [-0.2, -0.15) is 0 Å². The second kappa shape index (κ2) is 7.33. The Morgan fingerprint density at radius 3 is 2.65 bits per heavy atom. The molecule has 0 unspecified atom stereocenters. The van der Waals surface area contributed by atoms with E-state index in [-0.39, 0.29) is 18.4 Å². The first kappa shape index (κ1) is 15.6. The number of rotatable bonds is 5. The highest BCUT2D eigenvalue weighted by atomic mass is 32.2. The van der Waals surface area contributed by atoms with Crippen molar-refractivity contribution in [2.45, 2.75) is 11.3 Å². The maximum absolute atomic E-state index is 12.1. The maximum atomic E-state index is 12.1. The van der Waals surface area contributed by atoms with Crippen LogP contribution in [0.25, 0.3) is 0 Å². The van der Waals surface area contributed by atoms with E-state index in [1.165, 1.54) is 17.3 Å². The third-order valence-electron chi connectivity index (χ3n) is 3.69. The summed E-state index contributed by atoms with van der Waals surface area (Å²) in [4.78, 5) is 26.9. The van der Waals surface area contributed by atoms with Gasteiger partial charge in [-0.15, -0.1) is 11.8 Å². The van der Waals surface area contributed by atoms with E-state index in [1.54, 1.807) is 4.90 Å². The van der Waals surface area contributed by atoms with Crippen LogP contribution < -0.4 is 10.2 Å². The lowest BCUT2D eigenvalue weighted by molar-refractivity contribution is -0.122. The fourth-order valence-electron chi connectivity index (χ4n) is 2.52. The third kappa shape index (κ3) is 3.93. The van der Waals surface area contributed by atoms with Crippen molar-refractivity contribution in [1.82, 2.24) is 5.32 Å². The van der Waals surface area contributed by atoms with Gasteiger partial charge in [0.1, 0.15) is 6.54 Å². The molecule has 0 radical (unpaired) electrons. The lowest BCUT2D eigenvalue weighted by atomic mass is 10.1. The van der Waals surface area contributed by atoms with Crippen LogP contribution in [0.1, 0.15) is 5.56 Å². The number of carbonyl (C=O) groups is 2. The summed E-state index contributed by atoms with van der Waals surface area (Å²) in [5, 5.41) is 2.89. The summed E-state index contributed by atoms with van der Waals surface area (Å²) in [6, 6.07) is 17.7. The molecule has 2 aromatic carbocycles. The van der Waals surface area contributed by atoms with Crippen LogP contribution in [-0.4, -0.2) is 30.7 Å². The number of nitrogens with zero attached hydrogens (tertiary/aromatic N) is 1. The molecule has 0 spiro atoms. The second-order valence-corrected chi connectivity index (χ2v) is 6.34. The molecule has 1 heterocycles. The van der Waals surface area contributed by atoms with Gasteiger partial charge < -0.3 is 10.2 Å². The number of nitrogens with one attached hydrogen (secondary N) is 1. The SMILES string of the molecule is O=C(CN1C(=O)CSc2ccccc21)NCCc1ccccc1. The monoisotopic (exact) mass is 326 g/mol.